The predicted octanol–water partition coefficient (Wildman–Crippen LogP) is -1.30. The highest BCUT2D eigenvalue weighted by Crippen LogP contribution is 2.06. The maximum Gasteiger partial charge on any atom is 0.0523 e. The highest BCUT2D eigenvalue weighted by atomic mass is 14.9. The Hall–Kier alpha value is -0.160. The van der Waals surface area contributed by atoms with Crippen LogP contribution in [0.3, 0.4) is 0 Å². The van der Waals surface area contributed by atoms with Crippen LogP contribution in [-0.2, 0) is 0 Å². The first-order valence-electron chi connectivity index (χ1n) is 3.37. The Balaban J connectivity index is 3.34. The fourth-order valence-electron chi connectivity index (χ4n) is 0.866. The van der Waals surface area contributed by atoms with Crippen molar-refractivity contribution in [1.29, 1.82) is 0 Å². The highest BCUT2D eigenvalue weighted by Gasteiger charge is 2.07. The lowest BCUT2D eigenvalue weighted by atomic mass is 10.0. The summed E-state index contributed by atoms with van der Waals surface area (Å²) >= 11 is 0. The predicted molar refractivity (Wildman–Crippen MR) is 42.4 cm³/mol. The van der Waals surface area contributed by atoms with Crippen molar-refractivity contribution in [3.05, 3.63) is 6.92 Å². The van der Waals surface area contributed by atoms with E-state index in [-0.39, 0.29) is 18.2 Å². The summed E-state index contributed by atoms with van der Waals surface area (Å²) in [5.74, 6) is 0.167. The summed E-state index contributed by atoms with van der Waals surface area (Å²) in [5, 5.41) is 0. The van der Waals surface area contributed by atoms with Gasteiger partial charge in [-0.2, -0.15) is 0 Å². The normalized spacial score (nSPS) is 12.0. The van der Waals surface area contributed by atoms with Gasteiger partial charge in [-0.1, -0.05) is 0 Å². The fraction of sp³-hybridized carbons (Fsp3) is 0.833. The van der Waals surface area contributed by atoms with Crippen LogP contribution in [-0.4, -0.2) is 12.3 Å². The number of rotatable bonds is 4. The Labute approximate surface area is 61.9 Å². The maximum absolute atomic E-state index is 5.33. The van der Waals surface area contributed by atoms with E-state index >= 15 is 0 Å². The summed E-state index contributed by atoms with van der Waals surface area (Å²) in [6.07, 6.45) is 0.734. The van der Waals surface area contributed by atoms with Gasteiger partial charge in [0.25, 0.3) is 0 Å². The van der Waals surface area contributed by atoms with Crippen molar-refractivity contribution in [2.75, 3.05) is 0 Å². The average molecular weight is 145 g/mol. The second kappa shape index (κ2) is 4.62. The molecule has 4 nitrogen and oxygen atoms in total. The van der Waals surface area contributed by atoms with Crippen molar-refractivity contribution in [3.8, 4) is 0 Å². The molecule has 0 heterocycles. The van der Waals surface area contributed by atoms with Crippen LogP contribution in [0.4, 0.5) is 0 Å². The molecule has 0 fully saturated rings. The molecule has 0 bridgehead atoms. The second-order valence-electron chi connectivity index (χ2n) is 2.67. The molecule has 8 N–H and O–H groups in total. The van der Waals surface area contributed by atoms with E-state index in [0.717, 1.165) is 0 Å². The summed E-state index contributed by atoms with van der Waals surface area (Å²) in [6.45, 7) is 3.80. The van der Waals surface area contributed by atoms with Crippen LogP contribution in [0.25, 0.3) is 0 Å². The molecule has 0 spiro atoms. The molecular formula is C6H17N4. The van der Waals surface area contributed by atoms with Crippen molar-refractivity contribution >= 4 is 0 Å². The standard InChI is InChI=1S/C6H17N4/c1-4(2-5(7)8)3-6(9)10/h4-6H,1-3,7-10H2. The molecule has 0 aromatic rings. The van der Waals surface area contributed by atoms with Crippen molar-refractivity contribution in [2.24, 2.45) is 28.9 Å². The summed E-state index contributed by atoms with van der Waals surface area (Å²) in [4.78, 5) is 0. The van der Waals surface area contributed by atoms with Crippen molar-refractivity contribution in [3.63, 3.8) is 0 Å². The minimum atomic E-state index is -0.304. The molecule has 0 unspecified atom stereocenters. The Kier molecular flexibility index (Phi) is 4.55. The minimum absolute atomic E-state index is 0.167. The van der Waals surface area contributed by atoms with E-state index < -0.39 is 0 Å². The smallest absolute Gasteiger partial charge is 0.0523 e. The van der Waals surface area contributed by atoms with E-state index in [1.165, 1.54) is 0 Å². The zero-order chi connectivity index (χ0) is 8.15. The van der Waals surface area contributed by atoms with E-state index in [2.05, 4.69) is 6.92 Å². The molecule has 0 atom stereocenters. The monoisotopic (exact) mass is 145 g/mol. The van der Waals surface area contributed by atoms with Gasteiger partial charge < -0.3 is 22.9 Å². The summed E-state index contributed by atoms with van der Waals surface area (Å²) < 4.78 is 0. The largest absolute Gasteiger partial charge is 0.316 e. The third-order valence-electron chi connectivity index (χ3n) is 1.21. The van der Waals surface area contributed by atoms with Crippen molar-refractivity contribution in [2.45, 2.75) is 25.2 Å². The molecule has 0 aliphatic heterocycles. The molecule has 0 aromatic carbocycles. The van der Waals surface area contributed by atoms with Crippen LogP contribution in [0.1, 0.15) is 12.8 Å². The molecule has 0 aliphatic carbocycles. The number of hydrogen-bond donors (Lipinski definition) is 4. The van der Waals surface area contributed by atoms with Gasteiger partial charge in [0.1, 0.15) is 0 Å². The number of hydrogen-bond acceptors (Lipinski definition) is 4. The molecule has 0 saturated carbocycles. The molecule has 0 rings (SSSR count). The van der Waals surface area contributed by atoms with Gasteiger partial charge in [0, 0.05) is 0 Å². The first-order valence-corrected chi connectivity index (χ1v) is 3.37. The quantitative estimate of drug-likeness (QED) is 0.369. The number of nitrogens with two attached hydrogens (primary N) is 4. The third-order valence-corrected chi connectivity index (χ3v) is 1.21. The van der Waals surface area contributed by atoms with Gasteiger partial charge in [-0.15, -0.1) is 0 Å². The summed E-state index contributed by atoms with van der Waals surface area (Å²) in [6, 6.07) is 0. The van der Waals surface area contributed by atoms with E-state index in [0.29, 0.717) is 12.8 Å². The minimum Gasteiger partial charge on any atom is -0.316 e. The van der Waals surface area contributed by atoms with Gasteiger partial charge in [-0.3, -0.25) is 0 Å². The molecule has 61 valence electrons. The van der Waals surface area contributed by atoms with Gasteiger partial charge in [-0.05, 0) is 25.7 Å². The van der Waals surface area contributed by atoms with Gasteiger partial charge in [0.15, 0.2) is 0 Å². The molecule has 4 heteroatoms. The molecule has 0 aromatic heterocycles. The van der Waals surface area contributed by atoms with E-state index in [9.17, 15) is 0 Å². The maximum atomic E-state index is 5.33. The average Bonchev–Trinajstić information content (AvgIpc) is 1.58. The molecule has 1 radical (unpaired) electrons. The Morgan fingerprint density at radius 3 is 1.40 bits per heavy atom. The second-order valence-corrected chi connectivity index (χ2v) is 2.67. The lowest BCUT2D eigenvalue weighted by Gasteiger charge is -2.15. The van der Waals surface area contributed by atoms with Crippen LogP contribution >= 0.6 is 0 Å². The third kappa shape index (κ3) is 5.97. The first-order chi connectivity index (χ1) is 4.52. The van der Waals surface area contributed by atoms with E-state index in [4.69, 9.17) is 22.9 Å². The molecule has 0 amide bonds. The van der Waals surface area contributed by atoms with Crippen molar-refractivity contribution in [1.82, 2.24) is 0 Å². The van der Waals surface area contributed by atoms with E-state index in [1.54, 1.807) is 0 Å². The SMILES string of the molecule is [CH2]C(CC(N)N)CC(N)N. The Morgan fingerprint density at radius 2 is 1.20 bits per heavy atom. The lowest BCUT2D eigenvalue weighted by molar-refractivity contribution is 0.442. The topological polar surface area (TPSA) is 104 Å². The first kappa shape index (κ1) is 9.84. The Bertz CT molecular complexity index is 71.8. The van der Waals surface area contributed by atoms with Gasteiger partial charge >= 0.3 is 0 Å². The zero-order valence-corrected chi connectivity index (χ0v) is 6.16. The zero-order valence-electron chi connectivity index (χ0n) is 6.16. The van der Waals surface area contributed by atoms with Gasteiger partial charge in [0.2, 0.25) is 0 Å². The molecule has 0 aliphatic rings. The van der Waals surface area contributed by atoms with Crippen LogP contribution in [0.15, 0.2) is 0 Å². The summed E-state index contributed by atoms with van der Waals surface area (Å²) in [7, 11) is 0. The van der Waals surface area contributed by atoms with E-state index in [1.807, 2.05) is 0 Å². The van der Waals surface area contributed by atoms with Crippen LogP contribution in [0, 0.1) is 12.8 Å². The van der Waals surface area contributed by atoms with Crippen LogP contribution in [0.2, 0.25) is 0 Å². The molecular weight excluding hydrogens is 128 g/mol. The highest BCUT2D eigenvalue weighted by molar-refractivity contribution is 4.69. The Morgan fingerprint density at radius 1 is 0.900 bits per heavy atom. The van der Waals surface area contributed by atoms with Crippen molar-refractivity contribution < 1.29 is 0 Å². The van der Waals surface area contributed by atoms with Gasteiger partial charge in [-0.25, -0.2) is 0 Å². The van der Waals surface area contributed by atoms with Gasteiger partial charge in [0.05, 0.1) is 12.3 Å². The lowest BCUT2D eigenvalue weighted by Crippen LogP contribution is -2.36. The van der Waals surface area contributed by atoms with Crippen LogP contribution < -0.4 is 22.9 Å². The van der Waals surface area contributed by atoms with Crippen LogP contribution in [0.5, 0.6) is 0 Å². The molecule has 10 heavy (non-hydrogen) atoms. The molecule has 0 saturated heterocycles. The summed E-state index contributed by atoms with van der Waals surface area (Å²) in [5.41, 5.74) is 21.3. The fourth-order valence-corrected chi connectivity index (χ4v) is 0.866.